The van der Waals surface area contributed by atoms with Gasteiger partial charge in [0.05, 0.1) is 31.5 Å². The standard InChI is InChI=1S/C23H43NO14.CH2O2/c1-9-11(7-25)35-23(33-6-4-3-5-24)20(38-21-17(31)15(29)13(27)10(2)34-21)19(9)37-22-18(32)16(30)14(28)12(8-26)36-22;2-1-3/h9-23,25-32H,3-8,24H2,1-2H3;1H,(H,2,3)/t9-,10?,11?,12?,13-,14-,15-,16-,17?,18?,19-,20?,21-,22+,23+;/m0./s1. The predicted molar refractivity (Wildman–Crippen MR) is 134 cm³/mol. The summed E-state index contributed by atoms with van der Waals surface area (Å²) in [5.41, 5.74) is 5.55. The van der Waals surface area contributed by atoms with E-state index in [1.54, 1.807) is 6.92 Å². The van der Waals surface area contributed by atoms with Crippen molar-refractivity contribution in [3.63, 3.8) is 0 Å². The third-order valence-corrected chi connectivity index (χ3v) is 7.31. The summed E-state index contributed by atoms with van der Waals surface area (Å²) >= 11 is 0. The third-order valence-electron chi connectivity index (χ3n) is 7.31. The second-order valence-corrected chi connectivity index (χ2v) is 10.1. The van der Waals surface area contributed by atoms with Crippen LogP contribution in [0, 0.1) is 5.92 Å². The van der Waals surface area contributed by atoms with E-state index in [1.165, 1.54) is 6.92 Å². The molecular weight excluding hydrogens is 558 g/mol. The maximum Gasteiger partial charge on any atom is 0.290 e. The molecule has 0 spiro atoms. The molecule has 15 atom stereocenters. The van der Waals surface area contributed by atoms with Crippen LogP contribution < -0.4 is 5.73 Å². The smallest absolute Gasteiger partial charge is 0.290 e. The zero-order chi connectivity index (χ0) is 30.9. The number of hydrogen-bond acceptors (Lipinski definition) is 16. The molecule has 3 heterocycles. The van der Waals surface area contributed by atoms with Crippen molar-refractivity contribution in [1.82, 2.24) is 0 Å². The predicted octanol–water partition coefficient (Wildman–Crippen LogP) is -4.81. The van der Waals surface area contributed by atoms with Crippen LogP contribution in [0.2, 0.25) is 0 Å². The minimum atomic E-state index is -1.71. The van der Waals surface area contributed by atoms with Crippen molar-refractivity contribution in [2.75, 3.05) is 26.4 Å². The number of hydrogen-bond donors (Lipinski definition) is 10. The number of carboxylic acid groups (broad SMARTS) is 1. The molecular formula is C24H45NO16. The molecule has 6 unspecified atom stereocenters. The van der Waals surface area contributed by atoms with Crippen molar-refractivity contribution < 1.29 is 79.2 Å². The number of aliphatic hydroxyl groups is 8. The topological polar surface area (TPSA) is 281 Å². The highest BCUT2D eigenvalue weighted by molar-refractivity contribution is 5.32. The maximum absolute atomic E-state index is 10.5. The van der Waals surface area contributed by atoms with E-state index in [9.17, 15) is 40.9 Å². The van der Waals surface area contributed by atoms with E-state index in [0.29, 0.717) is 19.4 Å². The highest BCUT2D eigenvalue weighted by atomic mass is 16.8. The molecule has 0 aliphatic carbocycles. The first-order valence-corrected chi connectivity index (χ1v) is 13.4. The molecule has 3 aliphatic rings. The molecule has 11 N–H and O–H groups in total. The van der Waals surface area contributed by atoms with Crippen molar-refractivity contribution in [3.8, 4) is 0 Å². The van der Waals surface area contributed by atoms with Gasteiger partial charge in [-0.2, -0.15) is 0 Å². The van der Waals surface area contributed by atoms with Gasteiger partial charge < -0.3 is 80.1 Å². The van der Waals surface area contributed by atoms with Crippen molar-refractivity contribution in [2.45, 2.75) is 113 Å². The molecule has 17 nitrogen and oxygen atoms in total. The van der Waals surface area contributed by atoms with E-state index in [4.69, 9.17) is 44.1 Å². The number of rotatable bonds is 11. The summed E-state index contributed by atoms with van der Waals surface area (Å²) in [7, 11) is 0. The molecule has 3 rings (SSSR count). The van der Waals surface area contributed by atoms with Gasteiger partial charge in [0.2, 0.25) is 0 Å². The summed E-state index contributed by atoms with van der Waals surface area (Å²) in [4.78, 5) is 8.36. The summed E-state index contributed by atoms with van der Waals surface area (Å²) in [6.07, 6.45) is -17.8. The monoisotopic (exact) mass is 603 g/mol. The summed E-state index contributed by atoms with van der Waals surface area (Å²) in [6, 6.07) is 0. The Kier molecular flexibility index (Phi) is 15.2. The number of ether oxygens (including phenoxy) is 6. The fraction of sp³-hybridized carbons (Fsp3) is 0.958. The quantitative estimate of drug-likeness (QED) is 0.0783. The molecule has 17 heteroatoms. The van der Waals surface area contributed by atoms with Gasteiger partial charge in [-0.25, -0.2) is 0 Å². The largest absolute Gasteiger partial charge is 0.483 e. The van der Waals surface area contributed by atoms with Gasteiger partial charge in [-0.1, -0.05) is 6.92 Å². The Hall–Kier alpha value is -1.13. The Morgan fingerprint density at radius 1 is 0.707 bits per heavy atom. The third kappa shape index (κ3) is 8.94. The molecule has 0 saturated carbocycles. The van der Waals surface area contributed by atoms with Crippen LogP contribution in [0.1, 0.15) is 26.7 Å². The molecule has 242 valence electrons. The highest BCUT2D eigenvalue weighted by Gasteiger charge is 2.53. The van der Waals surface area contributed by atoms with E-state index < -0.39 is 105 Å². The van der Waals surface area contributed by atoms with E-state index in [1.807, 2.05) is 0 Å². The van der Waals surface area contributed by atoms with Crippen molar-refractivity contribution in [2.24, 2.45) is 11.7 Å². The van der Waals surface area contributed by atoms with Gasteiger partial charge in [0, 0.05) is 12.5 Å². The van der Waals surface area contributed by atoms with Gasteiger partial charge in [0.25, 0.3) is 6.47 Å². The Bertz CT molecular complexity index is 750. The van der Waals surface area contributed by atoms with Crippen LogP contribution in [0.3, 0.4) is 0 Å². The Morgan fingerprint density at radius 3 is 1.78 bits per heavy atom. The minimum Gasteiger partial charge on any atom is -0.483 e. The summed E-state index contributed by atoms with van der Waals surface area (Å²) in [5.74, 6) is -0.644. The molecule has 0 bridgehead atoms. The summed E-state index contributed by atoms with van der Waals surface area (Å²) in [5, 5.41) is 88.1. The molecule has 0 radical (unpaired) electrons. The van der Waals surface area contributed by atoms with Gasteiger partial charge in [-0.15, -0.1) is 0 Å². The molecule has 3 fully saturated rings. The van der Waals surface area contributed by atoms with Gasteiger partial charge in [-0.3, -0.25) is 4.79 Å². The minimum absolute atomic E-state index is 0.187. The average molecular weight is 604 g/mol. The van der Waals surface area contributed by atoms with Gasteiger partial charge in [0.15, 0.2) is 18.9 Å². The summed E-state index contributed by atoms with van der Waals surface area (Å²) in [6.45, 7) is 2.42. The lowest BCUT2D eigenvalue weighted by atomic mass is 9.90. The summed E-state index contributed by atoms with van der Waals surface area (Å²) < 4.78 is 35.0. The second kappa shape index (κ2) is 17.2. The lowest BCUT2D eigenvalue weighted by Gasteiger charge is -2.49. The molecule has 0 amide bonds. The van der Waals surface area contributed by atoms with E-state index in [2.05, 4.69) is 0 Å². The lowest BCUT2D eigenvalue weighted by Crippen LogP contribution is -2.65. The maximum atomic E-state index is 10.5. The first-order valence-electron chi connectivity index (χ1n) is 13.4. The van der Waals surface area contributed by atoms with Gasteiger partial charge in [0.1, 0.15) is 48.8 Å². The number of aliphatic hydroxyl groups excluding tert-OH is 8. The van der Waals surface area contributed by atoms with Gasteiger partial charge >= 0.3 is 0 Å². The zero-order valence-electron chi connectivity index (χ0n) is 22.9. The molecule has 0 aromatic heterocycles. The number of unbranched alkanes of at least 4 members (excludes halogenated alkanes) is 1. The molecule has 3 saturated heterocycles. The van der Waals surface area contributed by atoms with E-state index in [0.717, 1.165) is 0 Å². The van der Waals surface area contributed by atoms with Crippen LogP contribution in [0.15, 0.2) is 0 Å². The first-order chi connectivity index (χ1) is 19.5. The van der Waals surface area contributed by atoms with Crippen LogP contribution in [0.4, 0.5) is 0 Å². The SMILES string of the molecule is CC1O[C@@H](OC2[C@H](OCCCCN)OC(CO)[C@H](C)[C@@H]2O[C@H]2OC(CO)[C@H](O)[C@H](O)C2O)C(O)[C@@H](O)[C@H]1O.O=CO. The lowest BCUT2D eigenvalue weighted by molar-refractivity contribution is -0.385. The Balaban J connectivity index is 0.00000187. The fourth-order valence-electron chi connectivity index (χ4n) is 4.79. The average Bonchev–Trinajstić information content (AvgIpc) is 2.95. The molecule has 41 heavy (non-hydrogen) atoms. The molecule has 3 aliphatic heterocycles. The first kappa shape index (κ1) is 36.1. The van der Waals surface area contributed by atoms with Crippen LogP contribution >= 0.6 is 0 Å². The normalized spacial score (nSPS) is 45.0. The van der Waals surface area contributed by atoms with Crippen molar-refractivity contribution in [3.05, 3.63) is 0 Å². The number of carbonyl (C=O) groups is 1. The Morgan fingerprint density at radius 2 is 1.22 bits per heavy atom. The fourth-order valence-corrected chi connectivity index (χ4v) is 4.79. The van der Waals surface area contributed by atoms with E-state index >= 15 is 0 Å². The van der Waals surface area contributed by atoms with Crippen molar-refractivity contribution in [1.29, 1.82) is 0 Å². The van der Waals surface area contributed by atoms with Crippen LogP contribution in [0.5, 0.6) is 0 Å². The van der Waals surface area contributed by atoms with Crippen LogP contribution in [-0.2, 0) is 33.2 Å². The number of nitrogens with two attached hydrogens (primary N) is 1. The van der Waals surface area contributed by atoms with Crippen LogP contribution in [0.25, 0.3) is 0 Å². The zero-order valence-corrected chi connectivity index (χ0v) is 22.9. The molecule has 0 aromatic carbocycles. The van der Waals surface area contributed by atoms with Crippen molar-refractivity contribution >= 4 is 6.47 Å². The Labute approximate surface area is 236 Å². The van der Waals surface area contributed by atoms with Gasteiger partial charge in [-0.05, 0) is 26.3 Å². The second-order valence-electron chi connectivity index (χ2n) is 10.1. The van der Waals surface area contributed by atoms with Crippen LogP contribution in [-0.4, -0.2) is 165 Å². The van der Waals surface area contributed by atoms with E-state index in [-0.39, 0.29) is 13.1 Å². The molecule has 0 aromatic rings. The highest BCUT2D eigenvalue weighted by Crippen LogP contribution is 2.36.